The molecule has 0 aromatic heterocycles. The Morgan fingerprint density at radius 3 is 2.75 bits per heavy atom. The molecule has 3 rings (SSSR count). The van der Waals surface area contributed by atoms with Crippen molar-refractivity contribution in [1.29, 1.82) is 0 Å². The molecule has 1 aliphatic heterocycles. The predicted molar refractivity (Wildman–Crippen MR) is 96.5 cm³/mol. The Morgan fingerprint density at radius 2 is 2.00 bits per heavy atom. The van der Waals surface area contributed by atoms with Crippen LogP contribution in [0.25, 0.3) is 11.1 Å². The third kappa shape index (κ3) is 4.56. The van der Waals surface area contributed by atoms with Crippen LogP contribution in [0, 0.1) is 12.8 Å². The number of hydrogen-bond acceptors (Lipinski definition) is 2. The Bertz CT molecular complexity index is 730. The van der Waals surface area contributed by atoms with E-state index in [9.17, 15) is 4.79 Å². The first-order valence-corrected chi connectivity index (χ1v) is 8.40. The number of amides is 1. The predicted octanol–water partition coefficient (Wildman–Crippen LogP) is 3.87. The maximum atomic E-state index is 11.9. The van der Waals surface area contributed by atoms with Gasteiger partial charge in [-0.2, -0.15) is 0 Å². The van der Waals surface area contributed by atoms with E-state index in [-0.39, 0.29) is 5.91 Å². The van der Waals surface area contributed by atoms with Gasteiger partial charge in [0.15, 0.2) is 0 Å². The van der Waals surface area contributed by atoms with Crippen molar-refractivity contribution in [3.8, 4) is 11.1 Å². The Kier molecular flexibility index (Phi) is 5.44. The normalized spacial score (nSPS) is 17.3. The Balaban J connectivity index is 1.59. The molecule has 0 bridgehead atoms. The molecular weight excluding hydrogens is 298 g/mol. The standard InChI is InChI=1S/C21H23NO2/c1-16-4-2-6-19(12-16)20-7-3-5-18(13-20)14-22-21(23)9-8-17-10-11-24-15-17/h2-9,12-13,17H,10-11,14-15H2,1H3,(H,22,23)/b9-8+. The van der Waals surface area contributed by atoms with Crippen molar-refractivity contribution in [2.24, 2.45) is 5.92 Å². The molecule has 1 unspecified atom stereocenters. The third-order valence-electron chi connectivity index (χ3n) is 4.23. The molecule has 0 aliphatic carbocycles. The molecular formula is C21H23NO2. The molecule has 1 heterocycles. The second-order valence-corrected chi connectivity index (χ2v) is 6.27. The van der Waals surface area contributed by atoms with Crippen LogP contribution in [0.3, 0.4) is 0 Å². The van der Waals surface area contributed by atoms with E-state index >= 15 is 0 Å². The lowest BCUT2D eigenvalue weighted by Gasteiger charge is -2.07. The molecule has 2 aromatic carbocycles. The molecule has 0 saturated carbocycles. The van der Waals surface area contributed by atoms with Gasteiger partial charge in [0.05, 0.1) is 6.61 Å². The summed E-state index contributed by atoms with van der Waals surface area (Å²) in [6, 6.07) is 16.7. The topological polar surface area (TPSA) is 38.3 Å². The number of benzene rings is 2. The van der Waals surface area contributed by atoms with E-state index in [2.05, 4.69) is 48.6 Å². The Morgan fingerprint density at radius 1 is 1.21 bits per heavy atom. The first-order chi connectivity index (χ1) is 11.7. The van der Waals surface area contributed by atoms with Crippen LogP contribution in [0.15, 0.2) is 60.7 Å². The second kappa shape index (κ2) is 7.93. The monoisotopic (exact) mass is 321 g/mol. The summed E-state index contributed by atoms with van der Waals surface area (Å²) in [5.41, 5.74) is 4.71. The Hall–Kier alpha value is -2.39. The molecule has 0 radical (unpaired) electrons. The van der Waals surface area contributed by atoms with E-state index in [1.54, 1.807) is 6.08 Å². The van der Waals surface area contributed by atoms with Crippen LogP contribution in [-0.4, -0.2) is 19.1 Å². The molecule has 2 aromatic rings. The van der Waals surface area contributed by atoms with Crippen LogP contribution in [0.5, 0.6) is 0 Å². The number of hydrogen-bond donors (Lipinski definition) is 1. The third-order valence-corrected chi connectivity index (χ3v) is 4.23. The summed E-state index contributed by atoms with van der Waals surface area (Å²) in [5, 5.41) is 2.95. The van der Waals surface area contributed by atoms with E-state index in [1.807, 2.05) is 18.2 Å². The molecule has 1 atom stereocenters. The van der Waals surface area contributed by atoms with E-state index in [4.69, 9.17) is 4.74 Å². The number of nitrogens with one attached hydrogen (secondary N) is 1. The van der Waals surface area contributed by atoms with Gasteiger partial charge in [-0.3, -0.25) is 4.79 Å². The molecule has 1 saturated heterocycles. The highest BCUT2D eigenvalue weighted by Crippen LogP contribution is 2.21. The smallest absolute Gasteiger partial charge is 0.243 e. The van der Waals surface area contributed by atoms with Crippen molar-refractivity contribution in [2.45, 2.75) is 19.9 Å². The largest absolute Gasteiger partial charge is 0.381 e. The summed E-state index contributed by atoms with van der Waals surface area (Å²) in [6.45, 7) is 4.14. The summed E-state index contributed by atoms with van der Waals surface area (Å²) in [7, 11) is 0. The zero-order valence-electron chi connectivity index (χ0n) is 14.0. The van der Waals surface area contributed by atoms with Crippen LogP contribution >= 0.6 is 0 Å². The van der Waals surface area contributed by atoms with Crippen molar-refractivity contribution in [3.05, 3.63) is 71.8 Å². The fourth-order valence-corrected chi connectivity index (χ4v) is 2.86. The highest BCUT2D eigenvalue weighted by atomic mass is 16.5. The molecule has 1 N–H and O–H groups in total. The van der Waals surface area contributed by atoms with Crippen molar-refractivity contribution in [1.82, 2.24) is 5.32 Å². The molecule has 0 spiro atoms. The summed E-state index contributed by atoms with van der Waals surface area (Å²) in [6.07, 6.45) is 4.58. The fraction of sp³-hybridized carbons (Fsp3) is 0.286. The number of rotatable bonds is 5. The van der Waals surface area contributed by atoms with Crippen molar-refractivity contribution >= 4 is 5.91 Å². The van der Waals surface area contributed by atoms with Crippen molar-refractivity contribution < 1.29 is 9.53 Å². The highest BCUT2D eigenvalue weighted by molar-refractivity contribution is 5.87. The number of aryl methyl sites for hydroxylation is 1. The lowest BCUT2D eigenvalue weighted by molar-refractivity contribution is -0.116. The van der Waals surface area contributed by atoms with Gasteiger partial charge in [0, 0.05) is 19.1 Å². The molecule has 3 nitrogen and oxygen atoms in total. The van der Waals surface area contributed by atoms with Gasteiger partial charge < -0.3 is 10.1 Å². The molecule has 1 aliphatic rings. The number of carbonyl (C=O) groups excluding carboxylic acids is 1. The van der Waals surface area contributed by atoms with Crippen LogP contribution in [0.4, 0.5) is 0 Å². The van der Waals surface area contributed by atoms with E-state index in [1.165, 1.54) is 16.7 Å². The van der Waals surface area contributed by atoms with Gasteiger partial charge in [0.2, 0.25) is 5.91 Å². The quantitative estimate of drug-likeness (QED) is 0.849. The zero-order valence-corrected chi connectivity index (χ0v) is 14.0. The first-order valence-electron chi connectivity index (χ1n) is 8.40. The van der Waals surface area contributed by atoms with Gasteiger partial charge in [-0.25, -0.2) is 0 Å². The van der Waals surface area contributed by atoms with Crippen LogP contribution in [0.1, 0.15) is 17.5 Å². The number of carbonyl (C=O) groups is 1. The number of ether oxygens (including phenoxy) is 1. The fourth-order valence-electron chi connectivity index (χ4n) is 2.86. The van der Waals surface area contributed by atoms with E-state index in [0.29, 0.717) is 12.5 Å². The van der Waals surface area contributed by atoms with Gasteiger partial charge in [0.1, 0.15) is 0 Å². The van der Waals surface area contributed by atoms with Crippen LogP contribution in [-0.2, 0) is 16.1 Å². The summed E-state index contributed by atoms with van der Waals surface area (Å²) < 4.78 is 5.30. The lowest BCUT2D eigenvalue weighted by atomic mass is 10.0. The molecule has 24 heavy (non-hydrogen) atoms. The summed E-state index contributed by atoms with van der Waals surface area (Å²) in [4.78, 5) is 11.9. The zero-order chi connectivity index (χ0) is 16.8. The highest BCUT2D eigenvalue weighted by Gasteiger charge is 2.12. The SMILES string of the molecule is Cc1cccc(-c2cccc(CNC(=O)/C=C/C3CCOC3)c2)c1. The van der Waals surface area contributed by atoms with Crippen molar-refractivity contribution in [2.75, 3.05) is 13.2 Å². The van der Waals surface area contributed by atoms with Crippen molar-refractivity contribution in [3.63, 3.8) is 0 Å². The van der Waals surface area contributed by atoms with Gasteiger partial charge in [-0.05, 0) is 42.2 Å². The summed E-state index contributed by atoms with van der Waals surface area (Å²) in [5.74, 6) is 0.322. The van der Waals surface area contributed by atoms with Gasteiger partial charge in [-0.15, -0.1) is 0 Å². The Labute approximate surface area is 143 Å². The molecule has 3 heteroatoms. The maximum absolute atomic E-state index is 11.9. The maximum Gasteiger partial charge on any atom is 0.243 e. The van der Waals surface area contributed by atoms with Gasteiger partial charge in [0.25, 0.3) is 0 Å². The first kappa shape index (κ1) is 16.5. The molecule has 1 amide bonds. The molecule has 1 fully saturated rings. The minimum Gasteiger partial charge on any atom is -0.381 e. The minimum atomic E-state index is -0.0529. The lowest BCUT2D eigenvalue weighted by Crippen LogP contribution is -2.20. The van der Waals surface area contributed by atoms with Crippen LogP contribution < -0.4 is 5.32 Å². The summed E-state index contributed by atoms with van der Waals surface area (Å²) >= 11 is 0. The second-order valence-electron chi connectivity index (χ2n) is 6.27. The van der Waals surface area contributed by atoms with E-state index < -0.39 is 0 Å². The molecule has 124 valence electrons. The average Bonchev–Trinajstić information content (AvgIpc) is 3.12. The average molecular weight is 321 g/mol. The van der Waals surface area contributed by atoms with Crippen LogP contribution in [0.2, 0.25) is 0 Å². The minimum absolute atomic E-state index is 0.0529. The van der Waals surface area contributed by atoms with Gasteiger partial charge >= 0.3 is 0 Å². The van der Waals surface area contributed by atoms with Gasteiger partial charge in [-0.1, -0.05) is 54.1 Å². The van der Waals surface area contributed by atoms with E-state index in [0.717, 1.165) is 25.2 Å².